The number of nitrogens with one attached hydrogen (secondary N) is 1. The van der Waals surface area contributed by atoms with Crippen molar-refractivity contribution >= 4 is 18.3 Å². The van der Waals surface area contributed by atoms with Gasteiger partial charge >= 0.3 is 0 Å². The number of halogens is 1. The van der Waals surface area contributed by atoms with Gasteiger partial charge in [-0.3, -0.25) is 4.79 Å². The second-order valence-electron chi connectivity index (χ2n) is 5.31. The molecule has 0 aromatic heterocycles. The summed E-state index contributed by atoms with van der Waals surface area (Å²) in [4.78, 5) is 12.4. The van der Waals surface area contributed by atoms with Gasteiger partial charge in [0.1, 0.15) is 0 Å². The molecular weight excluding hydrogens is 304 g/mol. The van der Waals surface area contributed by atoms with Crippen molar-refractivity contribution in [1.82, 2.24) is 5.32 Å². The molecule has 124 valence electrons. The van der Waals surface area contributed by atoms with Crippen molar-refractivity contribution in [3.05, 3.63) is 23.8 Å². The first kappa shape index (κ1) is 18.6. The summed E-state index contributed by atoms with van der Waals surface area (Å²) in [5.41, 5.74) is 6.33. The summed E-state index contributed by atoms with van der Waals surface area (Å²) in [7, 11) is 1.57. The topological polar surface area (TPSA) is 73.6 Å². The number of hydrogen-bond acceptors (Lipinski definition) is 4. The Hall–Kier alpha value is -1.46. The Morgan fingerprint density at radius 3 is 2.77 bits per heavy atom. The summed E-state index contributed by atoms with van der Waals surface area (Å²) in [6, 6.07) is 5.42. The Kier molecular flexibility index (Phi) is 7.48. The van der Waals surface area contributed by atoms with E-state index in [4.69, 9.17) is 15.2 Å². The highest BCUT2D eigenvalue weighted by Gasteiger charge is 2.27. The maximum atomic E-state index is 12.4. The van der Waals surface area contributed by atoms with Crippen molar-refractivity contribution < 1.29 is 14.3 Å². The molecule has 2 atom stereocenters. The molecule has 0 heterocycles. The van der Waals surface area contributed by atoms with Gasteiger partial charge in [-0.1, -0.05) is 6.42 Å². The predicted octanol–water partition coefficient (Wildman–Crippen LogP) is 2.37. The van der Waals surface area contributed by atoms with Gasteiger partial charge in [0.15, 0.2) is 11.5 Å². The van der Waals surface area contributed by atoms with Crippen LogP contribution < -0.4 is 20.5 Å². The number of carbonyl (C=O) groups excluding carboxylic acids is 1. The fourth-order valence-corrected chi connectivity index (χ4v) is 2.84. The third-order valence-electron chi connectivity index (χ3n) is 4.00. The van der Waals surface area contributed by atoms with Gasteiger partial charge in [0.05, 0.1) is 13.7 Å². The summed E-state index contributed by atoms with van der Waals surface area (Å²) >= 11 is 0. The zero-order chi connectivity index (χ0) is 15.2. The predicted molar refractivity (Wildman–Crippen MR) is 89.1 cm³/mol. The van der Waals surface area contributed by atoms with Crippen molar-refractivity contribution in [2.75, 3.05) is 20.3 Å². The fraction of sp³-hybridized carbons (Fsp3) is 0.562. The van der Waals surface area contributed by atoms with E-state index in [2.05, 4.69) is 5.32 Å². The van der Waals surface area contributed by atoms with Crippen molar-refractivity contribution in [3.63, 3.8) is 0 Å². The number of amides is 1. The number of rotatable bonds is 6. The monoisotopic (exact) mass is 328 g/mol. The lowest BCUT2D eigenvalue weighted by Crippen LogP contribution is -2.39. The molecule has 0 spiro atoms. The highest BCUT2D eigenvalue weighted by Crippen LogP contribution is 2.29. The standard InChI is InChI=1S/C16H24N2O3.ClH/c1-3-21-14-8-7-11(9-15(14)20-2)16(19)18-13-6-4-5-12(13)10-17;/h7-9,12-13H,3-6,10,17H2,1-2H3,(H,18,19);1H. The van der Waals surface area contributed by atoms with E-state index >= 15 is 0 Å². The number of carbonyl (C=O) groups is 1. The lowest BCUT2D eigenvalue weighted by Gasteiger charge is -2.19. The van der Waals surface area contributed by atoms with E-state index in [0.29, 0.717) is 36.1 Å². The van der Waals surface area contributed by atoms with Crippen LogP contribution in [-0.4, -0.2) is 32.2 Å². The van der Waals surface area contributed by atoms with Crippen LogP contribution in [-0.2, 0) is 0 Å². The van der Waals surface area contributed by atoms with Gasteiger partial charge < -0.3 is 20.5 Å². The normalized spacial score (nSPS) is 20.1. The quantitative estimate of drug-likeness (QED) is 0.840. The molecule has 22 heavy (non-hydrogen) atoms. The van der Waals surface area contributed by atoms with Crippen molar-refractivity contribution in [3.8, 4) is 11.5 Å². The molecule has 0 bridgehead atoms. The molecule has 2 unspecified atom stereocenters. The minimum Gasteiger partial charge on any atom is -0.493 e. The molecular formula is C16H25ClN2O3. The Morgan fingerprint density at radius 2 is 2.14 bits per heavy atom. The first-order valence-corrected chi connectivity index (χ1v) is 7.51. The zero-order valence-corrected chi connectivity index (χ0v) is 13.9. The maximum Gasteiger partial charge on any atom is 0.251 e. The molecule has 1 aliphatic carbocycles. The molecule has 1 aliphatic rings. The second kappa shape index (κ2) is 8.86. The fourth-order valence-electron chi connectivity index (χ4n) is 2.84. The van der Waals surface area contributed by atoms with Crippen LogP contribution in [0.25, 0.3) is 0 Å². The third-order valence-corrected chi connectivity index (χ3v) is 4.00. The minimum absolute atomic E-state index is 0. The summed E-state index contributed by atoms with van der Waals surface area (Å²) < 4.78 is 10.7. The highest BCUT2D eigenvalue weighted by atomic mass is 35.5. The third kappa shape index (κ3) is 4.27. The Morgan fingerprint density at radius 1 is 1.36 bits per heavy atom. The molecule has 0 aliphatic heterocycles. The molecule has 1 aromatic carbocycles. The van der Waals surface area contributed by atoms with Gasteiger partial charge in [-0.25, -0.2) is 0 Å². The molecule has 0 saturated heterocycles. The van der Waals surface area contributed by atoms with Gasteiger partial charge in [-0.2, -0.15) is 0 Å². The lowest BCUT2D eigenvalue weighted by molar-refractivity contribution is 0.0928. The molecule has 1 saturated carbocycles. The number of benzene rings is 1. The Balaban J connectivity index is 0.00000242. The van der Waals surface area contributed by atoms with E-state index in [-0.39, 0.29) is 24.4 Å². The SMILES string of the molecule is CCOc1ccc(C(=O)NC2CCCC2CN)cc1OC.Cl. The van der Waals surface area contributed by atoms with Crippen LogP contribution in [0, 0.1) is 5.92 Å². The van der Waals surface area contributed by atoms with E-state index in [9.17, 15) is 4.79 Å². The Bertz CT molecular complexity index is 496. The van der Waals surface area contributed by atoms with E-state index in [1.807, 2.05) is 6.92 Å². The summed E-state index contributed by atoms with van der Waals surface area (Å²) in [6.07, 6.45) is 3.22. The minimum atomic E-state index is -0.0818. The average molecular weight is 329 g/mol. The highest BCUT2D eigenvalue weighted by molar-refractivity contribution is 5.95. The number of hydrogen-bond donors (Lipinski definition) is 2. The first-order chi connectivity index (χ1) is 10.2. The largest absolute Gasteiger partial charge is 0.493 e. The molecule has 6 heteroatoms. The zero-order valence-electron chi connectivity index (χ0n) is 13.1. The van der Waals surface area contributed by atoms with Gasteiger partial charge in [0.2, 0.25) is 0 Å². The van der Waals surface area contributed by atoms with Crippen LogP contribution in [0.4, 0.5) is 0 Å². The molecule has 1 aromatic rings. The molecule has 1 fully saturated rings. The van der Waals surface area contributed by atoms with E-state index in [1.165, 1.54) is 0 Å². The number of methoxy groups -OCH3 is 1. The first-order valence-electron chi connectivity index (χ1n) is 7.51. The lowest BCUT2D eigenvalue weighted by atomic mass is 10.0. The average Bonchev–Trinajstić information content (AvgIpc) is 2.95. The summed E-state index contributed by atoms with van der Waals surface area (Å²) in [5.74, 6) is 1.53. The van der Waals surface area contributed by atoms with Gasteiger partial charge in [-0.05, 0) is 50.4 Å². The van der Waals surface area contributed by atoms with Crippen LogP contribution in [0.3, 0.4) is 0 Å². The summed E-state index contributed by atoms with van der Waals surface area (Å²) in [5, 5.41) is 3.08. The van der Waals surface area contributed by atoms with Gasteiger partial charge in [0.25, 0.3) is 5.91 Å². The maximum absolute atomic E-state index is 12.4. The van der Waals surface area contributed by atoms with E-state index < -0.39 is 0 Å². The van der Waals surface area contributed by atoms with Crippen LogP contribution in [0.2, 0.25) is 0 Å². The van der Waals surface area contributed by atoms with E-state index in [1.54, 1.807) is 25.3 Å². The van der Waals surface area contributed by atoms with Crippen LogP contribution in [0.1, 0.15) is 36.5 Å². The van der Waals surface area contributed by atoms with Crippen LogP contribution in [0.15, 0.2) is 18.2 Å². The van der Waals surface area contributed by atoms with Crippen molar-refractivity contribution in [1.29, 1.82) is 0 Å². The molecule has 5 nitrogen and oxygen atoms in total. The second-order valence-corrected chi connectivity index (χ2v) is 5.31. The molecule has 1 amide bonds. The molecule has 2 rings (SSSR count). The van der Waals surface area contributed by atoms with E-state index in [0.717, 1.165) is 19.3 Å². The number of ether oxygens (including phenoxy) is 2. The number of nitrogens with two attached hydrogens (primary N) is 1. The smallest absolute Gasteiger partial charge is 0.251 e. The van der Waals surface area contributed by atoms with Gasteiger partial charge in [0, 0.05) is 11.6 Å². The Labute approximate surface area is 138 Å². The molecule has 3 N–H and O–H groups in total. The summed E-state index contributed by atoms with van der Waals surface area (Å²) in [6.45, 7) is 3.09. The van der Waals surface area contributed by atoms with Crippen molar-refractivity contribution in [2.45, 2.75) is 32.2 Å². The van der Waals surface area contributed by atoms with Gasteiger partial charge in [-0.15, -0.1) is 12.4 Å². The molecule has 0 radical (unpaired) electrons. The van der Waals surface area contributed by atoms with Crippen molar-refractivity contribution in [2.24, 2.45) is 11.7 Å². The van der Waals surface area contributed by atoms with Crippen LogP contribution in [0.5, 0.6) is 11.5 Å². The van der Waals surface area contributed by atoms with Crippen LogP contribution >= 0.6 is 12.4 Å².